The monoisotopic (exact) mass is 267 g/mol. The lowest BCUT2D eigenvalue weighted by molar-refractivity contribution is 1.41. The van der Waals surface area contributed by atoms with Gasteiger partial charge in [-0.25, -0.2) is 0 Å². The molecule has 0 amide bonds. The van der Waals surface area contributed by atoms with Crippen molar-refractivity contribution >= 4 is 40.2 Å². The lowest BCUT2D eigenvalue weighted by Gasteiger charge is -2.08. The molecule has 1 aromatic rings. The SMILES string of the molecule is CN(I)c1cccc(Cl)c1. The van der Waals surface area contributed by atoms with Crippen LogP contribution >= 0.6 is 34.5 Å². The quantitative estimate of drug-likeness (QED) is 0.558. The van der Waals surface area contributed by atoms with Crippen LogP contribution in [0.1, 0.15) is 0 Å². The fourth-order valence-electron chi connectivity index (χ4n) is 0.668. The van der Waals surface area contributed by atoms with Crippen molar-refractivity contribution in [3.8, 4) is 0 Å². The van der Waals surface area contributed by atoms with E-state index in [0.29, 0.717) is 0 Å². The van der Waals surface area contributed by atoms with E-state index in [4.69, 9.17) is 11.6 Å². The summed E-state index contributed by atoms with van der Waals surface area (Å²) < 4.78 is 1.99. The van der Waals surface area contributed by atoms with Gasteiger partial charge in [-0.15, -0.1) is 0 Å². The molecule has 0 spiro atoms. The van der Waals surface area contributed by atoms with Crippen LogP contribution in [0.25, 0.3) is 0 Å². The van der Waals surface area contributed by atoms with Crippen molar-refractivity contribution in [1.82, 2.24) is 0 Å². The van der Waals surface area contributed by atoms with Gasteiger partial charge in [0, 0.05) is 17.8 Å². The summed E-state index contributed by atoms with van der Waals surface area (Å²) >= 11 is 7.96. The molecule has 1 rings (SSSR count). The molecule has 0 heterocycles. The van der Waals surface area contributed by atoms with E-state index in [0.717, 1.165) is 10.7 Å². The molecule has 1 aromatic carbocycles. The summed E-state index contributed by atoms with van der Waals surface area (Å²) in [5.74, 6) is 0. The van der Waals surface area contributed by atoms with E-state index in [1.165, 1.54) is 0 Å². The Morgan fingerprint density at radius 1 is 1.50 bits per heavy atom. The normalized spacial score (nSPS) is 9.50. The maximum Gasteiger partial charge on any atom is 0.0588 e. The first-order valence-corrected chi connectivity index (χ1v) is 4.19. The zero-order chi connectivity index (χ0) is 7.56. The van der Waals surface area contributed by atoms with E-state index < -0.39 is 0 Å². The number of benzene rings is 1. The fourth-order valence-corrected chi connectivity index (χ4v) is 1.15. The third kappa shape index (κ3) is 2.02. The van der Waals surface area contributed by atoms with Gasteiger partial charge in [0.25, 0.3) is 0 Å². The maximum atomic E-state index is 5.76. The van der Waals surface area contributed by atoms with Crippen LogP contribution in [-0.2, 0) is 0 Å². The highest BCUT2D eigenvalue weighted by Gasteiger charge is 1.94. The van der Waals surface area contributed by atoms with Gasteiger partial charge in [-0.1, -0.05) is 17.7 Å². The van der Waals surface area contributed by atoms with E-state index in [2.05, 4.69) is 22.9 Å². The highest BCUT2D eigenvalue weighted by molar-refractivity contribution is 14.1. The van der Waals surface area contributed by atoms with Crippen LogP contribution in [0.2, 0.25) is 5.02 Å². The molecule has 54 valence electrons. The highest BCUT2D eigenvalue weighted by atomic mass is 127. The molecule has 0 atom stereocenters. The van der Waals surface area contributed by atoms with Crippen LogP contribution in [0.15, 0.2) is 24.3 Å². The first-order valence-electron chi connectivity index (χ1n) is 2.85. The molecule has 0 saturated carbocycles. The van der Waals surface area contributed by atoms with Gasteiger partial charge in [-0.3, -0.25) is 0 Å². The summed E-state index contributed by atoms with van der Waals surface area (Å²) in [5, 5.41) is 0.779. The Hall–Kier alpha value is 0.0400. The first kappa shape index (κ1) is 8.14. The fraction of sp³-hybridized carbons (Fsp3) is 0.143. The minimum Gasteiger partial charge on any atom is -0.318 e. The topological polar surface area (TPSA) is 3.24 Å². The third-order valence-electron chi connectivity index (χ3n) is 1.16. The molecule has 0 aliphatic heterocycles. The van der Waals surface area contributed by atoms with Crippen molar-refractivity contribution in [3.63, 3.8) is 0 Å². The van der Waals surface area contributed by atoms with Crippen molar-refractivity contribution in [1.29, 1.82) is 0 Å². The summed E-state index contributed by atoms with van der Waals surface area (Å²) in [6.07, 6.45) is 0. The van der Waals surface area contributed by atoms with Crippen molar-refractivity contribution in [2.75, 3.05) is 10.2 Å². The minimum absolute atomic E-state index is 0.779. The Morgan fingerprint density at radius 3 is 2.60 bits per heavy atom. The summed E-state index contributed by atoms with van der Waals surface area (Å²) in [5.41, 5.74) is 1.12. The van der Waals surface area contributed by atoms with E-state index in [-0.39, 0.29) is 0 Å². The third-order valence-corrected chi connectivity index (χ3v) is 1.96. The zero-order valence-electron chi connectivity index (χ0n) is 5.51. The summed E-state index contributed by atoms with van der Waals surface area (Å²) in [4.78, 5) is 0. The van der Waals surface area contributed by atoms with Crippen LogP contribution in [0.4, 0.5) is 5.69 Å². The largest absolute Gasteiger partial charge is 0.318 e. The second-order valence-corrected chi connectivity index (χ2v) is 3.84. The molecule has 0 aliphatic carbocycles. The van der Waals surface area contributed by atoms with Gasteiger partial charge >= 0.3 is 0 Å². The molecule has 0 fully saturated rings. The summed E-state index contributed by atoms with van der Waals surface area (Å²) in [7, 11) is 1.98. The van der Waals surface area contributed by atoms with Gasteiger partial charge in [0.1, 0.15) is 0 Å². The molecule has 0 radical (unpaired) electrons. The second kappa shape index (κ2) is 3.44. The standard InChI is InChI=1S/C7H7ClIN/c1-10(9)7-4-2-3-6(8)5-7/h2-5H,1H3. The average molecular weight is 267 g/mol. The number of rotatable bonds is 1. The lowest BCUT2D eigenvalue weighted by atomic mass is 10.3. The Bertz CT molecular complexity index is 225. The molecule has 0 aliphatic rings. The Morgan fingerprint density at radius 2 is 2.20 bits per heavy atom. The molecule has 1 nitrogen and oxygen atoms in total. The second-order valence-electron chi connectivity index (χ2n) is 1.96. The van der Waals surface area contributed by atoms with E-state index in [1.54, 1.807) is 0 Å². The van der Waals surface area contributed by atoms with Crippen LogP contribution in [0, 0.1) is 0 Å². The van der Waals surface area contributed by atoms with Crippen LogP contribution in [0.5, 0.6) is 0 Å². The van der Waals surface area contributed by atoms with Crippen LogP contribution in [-0.4, -0.2) is 7.05 Å². The summed E-state index contributed by atoms with van der Waals surface area (Å²) in [6, 6.07) is 7.74. The zero-order valence-corrected chi connectivity index (χ0v) is 8.43. The molecule has 0 N–H and O–H groups in total. The number of anilines is 1. The predicted molar refractivity (Wildman–Crippen MR) is 53.9 cm³/mol. The van der Waals surface area contributed by atoms with Crippen molar-refractivity contribution < 1.29 is 0 Å². The molecular formula is C7H7ClIN. The van der Waals surface area contributed by atoms with Crippen LogP contribution < -0.4 is 3.11 Å². The van der Waals surface area contributed by atoms with Gasteiger partial charge in [-0.2, -0.15) is 0 Å². The molecule has 3 heteroatoms. The minimum atomic E-state index is 0.779. The van der Waals surface area contributed by atoms with Gasteiger partial charge in [0.2, 0.25) is 0 Å². The van der Waals surface area contributed by atoms with E-state index in [1.807, 2.05) is 34.4 Å². The Labute approximate surface area is 79.5 Å². The predicted octanol–water partition coefficient (Wildman–Crippen LogP) is 3.13. The molecule has 10 heavy (non-hydrogen) atoms. The molecular weight excluding hydrogens is 260 g/mol. The van der Waals surface area contributed by atoms with E-state index >= 15 is 0 Å². The van der Waals surface area contributed by atoms with Gasteiger partial charge < -0.3 is 3.11 Å². The average Bonchev–Trinajstić information content (AvgIpc) is 1.88. The maximum absolute atomic E-state index is 5.76. The first-order chi connectivity index (χ1) is 4.70. The number of hydrogen-bond acceptors (Lipinski definition) is 1. The molecule has 0 bridgehead atoms. The van der Waals surface area contributed by atoms with Crippen molar-refractivity contribution in [2.24, 2.45) is 0 Å². The van der Waals surface area contributed by atoms with Crippen LogP contribution in [0.3, 0.4) is 0 Å². The number of hydrogen-bond donors (Lipinski definition) is 0. The van der Waals surface area contributed by atoms with Crippen molar-refractivity contribution in [3.05, 3.63) is 29.3 Å². The Kier molecular flexibility index (Phi) is 2.80. The molecule has 0 saturated heterocycles. The molecule has 0 unspecified atom stereocenters. The van der Waals surface area contributed by atoms with E-state index in [9.17, 15) is 0 Å². The Balaban J connectivity index is 2.96. The van der Waals surface area contributed by atoms with Crippen molar-refractivity contribution in [2.45, 2.75) is 0 Å². The summed E-state index contributed by atoms with van der Waals surface area (Å²) in [6.45, 7) is 0. The highest BCUT2D eigenvalue weighted by Crippen LogP contribution is 2.20. The van der Waals surface area contributed by atoms with Gasteiger partial charge in [0.15, 0.2) is 0 Å². The lowest BCUT2D eigenvalue weighted by Crippen LogP contribution is -1.97. The smallest absolute Gasteiger partial charge is 0.0588 e. The van der Waals surface area contributed by atoms with Gasteiger partial charge in [-0.05, 0) is 18.2 Å². The number of halogens is 2. The molecule has 0 aromatic heterocycles. The van der Waals surface area contributed by atoms with Gasteiger partial charge in [0.05, 0.1) is 22.9 Å². The number of nitrogens with zero attached hydrogens (tertiary/aromatic N) is 1.